The van der Waals surface area contributed by atoms with Crippen LogP contribution in [0.3, 0.4) is 0 Å². The molecule has 0 atom stereocenters. The van der Waals surface area contributed by atoms with E-state index in [1.807, 2.05) is 0 Å². The molecular weight excluding hydrogens is 154 g/mol. The lowest BCUT2D eigenvalue weighted by atomic mass is 9.93. The molecule has 1 heterocycles. The van der Waals surface area contributed by atoms with Gasteiger partial charge in [0.25, 0.3) is 0 Å². The second kappa shape index (κ2) is 5.14. The lowest BCUT2D eigenvalue weighted by molar-refractivity contribution is 0.0809. The fraction of sp³-hybridized carbons (Fsp3) is 0.889. The standard InChI is InChI=1S/C9H17NO2/c1-3-9(10-11-2)8-4-6-12-7-5-8/h8H,3-7H2,1-2H3/b10-9+. The summed E-state index contributed by atoms with van der Waals surface area (Å²) in [5.41, 5.74) is 1.18. The van der Waals surface area contributed by atoms with Gasteiger partial charge in [-0.05, 0) is 19.3 Å². The van der Waals surface area contributed by atoms with Crippen molar-refractivity contribution in [1.29, 1.82) is 0 Å². The Balaban J connectivity index is 2.46. The first kappa shape index (κ1) is 9.52. The van der Waals surface area contributed by atoms with Gasteiger partial charge in [-0.25, -0.2) is 0 Å². The maximum atomic E-state index is 5.28. The van der Waals surface area contributed by atoms with Crippen molar-refractivity contribution in [2.24, 2.45) is 11.1 Å². The van der Waals surface area contributed by atoms with Crippen molar-refractivity contribution in [3.8, 4) is 0 Å². The van der Waals surface area contributed by atoms with Crippen molar-refractivity contribution in [3.63, 3.8) is 0 Å². The lowest BCUT2D eigenvalue weighted by Crippen LogP contribution is -2.23. The van der Waals surface area contributed by atoms with Crippen LogP contribution in [0.2, 0.25) is 0 Å². The normalized spacial score (nSPS) is 21.0. The first-order chi connectivity index (χ1) is 5.88. The second-order valence-electron chi connectivity index (χ2n) is 3.01. The predicted molar refractivity (Wildman–Crippen MR) is 48.3 cm³/mol. The highest BCUT2D eigenvalue weighted by molar-refractivity contribution is 5.86. The van der Waals surface area contributed by atoms with Gasteiger partial charge in [-0.15, -0.1) is 0 Å². The fourth-order valence-electron chi connectivity index (χ4n) is 1.58. The van der Waals surface area contributed by atoms with Gasteiger partial charge >= 0.3 is 0 Å². The molecule has 1 saturated heterocycles. The highest BCUT2D eigenvalue weighted by Gasteiger charge is 2.18. The van der Waals surface area contributed by atoms with Gasteiger partial charge in [0.1, 0.15) is 7.11 Å². The van der Waals surface area contributed by atoms with Crippen LogP contribution in [0.4, 0.5) is 0 Å². The molecule has 12 heavy (non-hydrogen) atoms. The molecule has 0 radical (unpaired) electrons. The third kappa shape index (κ3) is 2.48. The Morgan fingerprint density at radius 3 is 2.67 bits per heavy atom. The molecule has 1 aliphatic rings. The van der Waals surface area contributed by atoms with Gasteiger partial charge in [0, 0.05) is 19.1 Å². The Labute approximate surface area is 73.7 Å². The molecule has 70 valence electrons. The highest BCUT2D eigenvalue weighted by atomic mass is 16.6. The van der Waals surface area contributed by atoms with Gasteiger partial charge in [-0.3, -0.25) is 0 Å². The van der Waals surface area contributed by atoms with Gasteiger partial charge in [0.05, 0.1) is 5.71 Å². The molecule has 0 bridgehead atoms. The summed E-state index contributed by atoms with van der Waals surface area (Å²) in [5, 5.41) is 4.03. The minimum Gasteiger partial charge on any atom is -0.399 e. The zero-order chi connectivity index (χ0) is 8.81. The number of hydrogen-bond donors (Lipinski definition) is 0. The van der Waals surface area contributed by atoms with Gasteiger partial charge in [0.15, 0.2) is 0 Å². The van der Waals surface area contributed by atoms with Crippen LogP contribution >= 0.6 is 0 Å². The topological polar surface area (TPSA) is 30.8 Å². The summed E-state index contributed by atoms with van der Waals surface area (Å²) < 4.78 is 5.28. The molecule has 3 heteroatoms. The zero-order valence-corrected chi connectivity index (χ0v) is 7.88. The van der Waals surface area contributed by atoms with Crippen molar-refractivity contribution in [3.05, 3.63) is 0 Å². The molecule has 0 spiro atoms. The second-order valence-corrected chi connectivity index (χ2v) is 3.01. The van der Waals surface area contributed by atoms with E-state index in [0.29, 0.717) is 5.92 Å². The molecule has 0 amide bonds. The Bertz CT molecular complexity index is 151. The molecule has 0 aromatic heterocycles. The van der Waals surface area contributed by atoms with E-state index in [-0.39, 0.29) is 0 Å². The monoisotopic (exact) mass is 171 g/mol. The summed E-state index contributed by atoms with van der Waals surface area (Å²) in [7, 11) is 1.61. The van der Waals surface area contributed by atoms with E-state index in [9.17, 15) is 0 Å². The van der Waals surface area contributed by atoms with E-state index in [4.69, 9.17) is 9.57 Å². The first-order valence-corrected chi connectivity index (χ1v) is 4.56. The van der Waals surface area contributed by atoms with Crippen LogP contribution in [0.15, 0.2) is 5.16 Å². The number of rotatable bonds is 3. The summed E-state index contributed by atoms with van der Waals surface area (Å²) in [6, 6.07) is 0. The molecule has 0 aromatic carbocycles. The maximum absolute atomic E-state index is 5.28. The van der Waals surface area contributed by atoms with Gasteiger partial charge in [-0.1, -0.05) is 12.1 Å². The molecule has 1 fully saturated rings. The van der Waals surface area contributed by atoms with E-state index >= 15 is 0 Å². The first-order valence-electron chi connectivity index (χ1n) is 4.56. The molecule has 0 saturated carbocycles. The summed E-state index contributed by atoms with van der Waals surface area (Å²) >= 11 is 0. The molecule has 0 N–H and O–H groups in total. The van der Waals surface area contributed by atoms with Crippen LogP contribution in [0, 0.1) is 5.92 Å². The number of oxime groups is 1. The van der Waals surface area contributed by atoms with Crippen LogP contribution in [-0.4, -0.2) is 26.0 Å². The average Bonchev–Trinajstić information content (AvgIpc) is 2.15. The minimum absolute atomic E-state index is 0.587. The van der Waals surface area contributed by atoms with Crippen LogP contribution in [0.25, 0.3) is 0 Å². The van der Waals surface area contributed by atoms with Crippen molar-refractivity contribution >= 4 is 5.71 Å². The molecule has 0 unspecified atom stereocenters. The fourth-order valence-corrected chi connectivity index (χ4v) is 1.58. The molecule has 3 nitrogen and oxygen atoms in total. The van der Waals surface area contributed by atoms with Gasteiger partial charge < -0.3 is 9.57 Å². The van der Waals surface area contributed by atoms with Crippen LogP contribution in [-0.2, 0) is 9.57 Å². The average molecular weight is 171 g/mol. The van der Waals surface area contributed by atoms with E-state index in [1.54, 1.807) is 7.11 Å². The van der Waals surface area contributed by atoms with Crippen LogP contribution in [0.5, 0.6) is 0 Å². The Morgan fingerprint density at radius 2 is 2.17 bits per heavy atom. The van der Waals surface area contributed by atoms with E-state index in [0.717, 1.165) is 32.5 Å². The molecule has 1 rings (SSSR count). The largest absolute Gasteiger partial charge is 0.399 e. The highest BCUT2D eigenvalue weighted by Crippen LogP contribution is 2.18. The SMILES string of the molecule is CC/C(=N\OC)C1CCOCC1. The lowest BCUT2D eigenvalue weighted by Gasteiger charge is -2.22. The van der Waals surface area contributed by atoms with Crippen molar-refractivity contribution < 1.29 is 9.57 Å². The molecular formula is C9H17NO2. The van der Waals surface area contributed by atoms with E-state index < -0.39 is 0 Å². The minimum atomic E-state index is 0.587. The maximum Gasteiger partial charge on any atom is 0.106 e. The van der Waals surface area contributed by atoms with Crippen LogP contribution < -0.4 is 0 Å². The Morgan fingerprint density at radius 1 is 1.50 bits per heavy atom. The molecule has 1 aliphatic heterocycles. The van der Waals surface area contributed by atoms with Crippen LogP contribution in [0.1, 0.15) is 26.2 Å². The van der Waals surface area contributed by atoms with Crippen molar-refractivity contribution in [2.45, 2.75) is 26.2 Å². The smallest absolute Gasteiger partial charge is 0.106 e. The quantitative estimate of drug-likeness (QED) is 0.479. The van der Waals surface area contributed by atoms with Crippen molar-refractivity contribution in [2.75, 3.05) is 20.3 Å². The third-order valence-electron chi connectivity index (χ3n) is 2.26. The summed E-state index contributed by atoms with van der Waals surface area (Å²) in [5.74, 6) is 0.587. The number of hydrogen-bond acceptors (Lipinski definition) is 3. The molecule has 0 aliphatic carbocycles. The summed E-state index contributed by atoms with van der Waals surface area (Å²) in [6.45, 7) is 3.86. The van der Waals surface area contributed by atoms with E-state index in [2.05, 4.69) is 12.1 Å². The molecule has 0 aromatic rings. The van der Waals surface area contributed by atoms with Gasteiger partial charge in [0.2, 0.25) is 0 Å². The van der Waals surface area contributed by atoms with Crippen molar-refractivity contribution in [1.82, 2.24) is 0 Å². The predicted octanol–water partition coefficient (Wildman–Crippen LogP) is 1.83. The van der Waals surface area contributed by atoms with Gasteiger partial charge in [-0.2, -0.15) is 0 Å². The summed E-state index contributed by atoms with van der Waals surface area (Å²) in [6.07, 6.45) is 3.17. The number of nitrogens with zero attached hydrogens (tertiary/aromatic N) is 1. The van der Waals surface area contributed by atoms with E-state index in [1.165, 1.54) is 5.71 Å². The Kier molecular flexibility index (Phi) is 4.08. The Hall–Kier alpha value is -0.570. The zero-order valence-electron chi connectivity index (χ0n) is 7.88. The summed E-state index contributed by atoms with van der Waals surface area (Å²) in [4.78, 5) is 4.80. The number of ether oxygens (including phenoxy) is 1. The third-order valence-corrected chi connectivity index (χ3v) is 2.26.